The maximum Gasteiger partial charge on any atom is 0.0337 e. The van der Waals surface area contributed by atoms with Crippen molar-refractivity contribution < 1.29 is 0 Å². The predicted octanol–water partition coefficient (Wildman–Crippen LogP) is 10.0. The first-order chi connectivity index (χ1) is 17.3. The average molecular weight is 469 g/mol. The predicted molar refractivity (Wildman–Crippen MR) is 160 cm³/mol. The summed E-state index contributed by atoms with van der Waals surface area (Å²) in [5.74, 6) is 3.11. The van der Waals surface area contributed by atoms with E-state index in [0.717, 1.165) is 33.4 Å². The summed E-state index contributed by atoms with van der Waals surface area (Å²) in [5.41, 5.74) is 11.2. The van der Waals surface area contributed by atoms with Gasteiger partial charge in [-0.25, -0.2) is 0 Å². The summed E-state index contributed by atoms with van der Waals surface area (Å²) < 4.78 is 0. The van der Waals surface area contributed by atoms with Gasteiger partial charge in [-0.15, -0.1) is 12.3 Å². The van der Waals surface area contributed by atoms with Crippen molar-refractivity contribution in [3.05, 3.63) is 138 Å². The van der Waals surface area contributed by atoms with Gasteiger partial charge in [0.05, 0.1) is 0 Å². The van der Waals surface area contributed by atoms with Crippen LogP contribution in [-0.4, -0.2) is 0 Å². The summed E-state index contributed by atoms with van der Waals surface area (Å²) in [6, 6.07) is 27.5. The summed E-state index contributed by atoms with van der Waals surface area (Å²) in [5, 5.41) is 0. The molecule has 3 aromatic carbocycles. The van der Waals surface area contributed by atoms with Gasteiger partial charge in [-0.05, 0) is 93.6 Å². The van der Waals surface area contributed by atoms with Crippen LogP contribution < -0.4 is 0 Å². The second kappa shape index (κ2) is 12.6. The Hall–Kier alpha value is -4.08. The van der Waals surface area contributed by atoms with Crippen LogP contribution in [0.3, 0.4) is 0 Å². The normalized spacial score (nSPS) is 12.4. The van der Waals surface area contributed by atoms with E-state index < -0.39 is 0 Å². The summed E-state index contributed by atoms with van der Waals surface area (Å²) in [6.45, 7) is 17.5. The maximum absolute atomic E-state index is 5.60. The SMILES string of the molecule is C#CCC(=C)c1cc(C(=C)/C=C(C)/C(=C(/C=C\C)C(C)C)c2ccccc2)cc(-c2ccccc2)c1. The molecule has 3 rings (SSSR count). The van der Waals surface area contributed by atoms with Crippen molar-refractivity contribution in [1.82, 2.24) is 0 Å². The molecule has 0 aromatic heterocycles. The molecule has 0 amide bonds. The molecular weight excluding hydrogens is 432 g/mol. The van der Waals surface area contributed by atoms with E-state index in [4.69, 9.17) is 6.42 Å². The first-order valence-electron chi connectivity index (χ1n) is 12.5. The van der Waals surface area contributed by atoms with Gasteiger partial charge in [-0.2, -0.15) is 0 Å². The zero-order valence-electron chi connectivity index (χ0n) is 22.0. The van der Waals surface area contributed by atoms with Crippen molar-refractivity contribution in [2.45, 2.75) is 34.1 Å². The second-order valence-corrected chi connectivity index (χ2v) is 9.35. The van der Waals surface area contributed by atoms with Gasteiger partial charge in [0, 0.05) is 6.42 Å². The molecule has 0 heteroatoms. The fourth-order valence-corrected chi connectivity index (χ4v) is 4.43. The third-order valence-corrected chi connectivity index (χ3v) is 6.24. The molecule has 3 aromatic rings. The van der Waals surface area contributed by atoms with Crippen molar-refractivity contribution >= 4 is 16.7 Å². The lowest BCUT2D eigenvalue weighted by Gasteiger charge is -2.18. The van der Waals surface area contributed by atoms with E-state index in [2.05, 4.69) is 138 Å². The second-order valence-electron chi connectivity index (χ2n) is 9.35. The zero-order chi connectivity index (χ0) is 26.1. The van der Waals surface area contributed by atoms with Gasteiger partial charge >= 0.3 is 0 Å². The minimum Gasteiger partial charge on any atom is -0.120 e. The number of rotatable bonds is 9. The summed E-state index contributed by atoms with van der Waals surface area (Å²) in [4.78, 5) is 0. The summed E-state index contributed by atoms with van der Waals surface area (Å²) in [7, 11) is 0. The van der Waals surface area contributed by atoms with Gasteiger partial charge < -0.3 is 0 Å². The van der Waals surface area contributed by atoms with E-state index in [1.54, 1.807) is 0 Å². The van der Waals surface area contributed by atoms with Gasteiger partial charge in [-0.3, -0.25) is 0 Å². The van der Waals surface area contributed by atoms with E-state index in [1.165, 1.54) is 22.3 Å². The van der Waals surface area contributed by atoms with E-state index in [0.29, 0.717) is 12.3 Å². The quantitative estimate of drug-likeness (QED) is 0.216. The number of hydrogen-bond acceptors (Lipinski definition) is 0. The third-order valence-electron chi connectivity index (χ3n) is 6.24. The molecule has 0 aliphatic carbocycles. The van der Waals surface area contributed by atoms with E-state index in [1.807, 2.05) is 6.07 Å². The zero-order valence-corrected chi connectivity index (χ0v) is 22.0. The standard InChI is InChI=1S/C36H36/c1-8-16-27(5)32-23-33(25-34(24-32)30-18-12-10-13-19-30)28(6)22-29(7)36(31-20-14-11-15-21-31)35(17-9-2)26(3)4/h1,9-15,17-26H,5-6,16H2,2-4,7H3/b17-9-,29-22+,36-35+. The Morgan fingerprint density at radius 3 is 2.06 bits per heavy atom. The summed E-state index contributed by atoms with van der Waals surface area (Å²) >= 11 is 0. The molecule has 180 valence electrons. The molecule has 36 heavy (non-hydrogen) atoms. The van der Waals surface area contributed by atoms with Crippen LogP contribution in [0.1, 0.15) is 50.8 Å². The molecule has 0 aliphatic heterocycles. The van der Waals surface area contributed by atoms with Gasteiger partial charge in [0.25, 0.3) is 0 Å². The first-order valence-corrected chi connectivity index (χ1v) is 12.5. The number of terminal acetylenes is 1. The number of benzene rings is 3. The molecule has 0 N–H and O–H groups in total. The first kappa shape index (κ1) is 26.5. The highest BCUT2D eigenvalue weighted by molar-refractivity contribution is 5.88. The van der Waals surface area contributed by atoms with Crippen LogP contribution in [0, 0.1) is 18.3 Å². The molecule has 0 heterocycles. The molecule has 0 fully saturated rings. The Morgan fingerprint density at radius 1 is 0.861 bits per heavy atom. The Kier molecular flexibility index (Phi) is 9.26. The Labute approximate surface area is 218 Å². The van der Waals surface area contributed by atoms with Gasteiger partial charge in [0.2, 0.25) is 0 Å². The molecule has 0 unspecified atom stereocenters. The Bertz CT molecular complexity index is 1350. The van der Waals surface area contributed by atoms with Gasteiger partial charge in [0.1, 0.15) is 0 Å². The average Bonchev–Trinajstić information content (AvgIpc) is 2.89. The maximum atomic E-state index is 5.60. The molecule has 0 saturated heterocycles. The Balaban J connectivity index is 2.16. The van der Waals surface area contributed by atoms with Crippen molar-refractivity contribution in [3.8, 4) is 23.5 Å². The lowest BCUT2D eigenvalue weighted by molar-refractivity contribution is 0.793. The summed E-state index contributed by atoms with van der Waals surface area (Å²) in [6.07, 6.45) is 12.7. The smallest absolute Gasteiger partial charge is 0.0337 e. The van der Waals surface area contributed by atoms with Crippen LogP contribution in [0.5, 0.6) is 0 Å². The van der Waals surface area contributed by atoms with Crippen LogP contribution in [0.4, 0.5) is 0 Å². The largest absolute Gasteiger partial charge is 0.120 e. The fourth-order valence-electron chi connectivity index (χ4n) is 4.43. The van der Waals surface area contributed by atoms with E-state index >= 15 is 0 Å². The third kappa shape index (κ3) is 6.53. The van der Waals surface area contributed by atoms with Gasteiger partial charge in [-0.1, -0.05) is 106 Å². The highest BCUT2D eigenvalue weighted by Gasteiger charge is 2.14. The van der Waals surface area contributed by atoms with Gasteiger partial charge in [0.15, 0.2) is 0 Å². The minimum atomic E-state index is 0.383. The van der Waals surface area contributed by atoms with Crippen molar-refractivity contribution in [2.24, 2.45) is 5.92 Å². The van der Waals surface area contributed by atoms with Crippen molar-refractivity contribution in [1.29, 1.82) is 0 Å². The fraction of sp³-hybridized carbons (Fsp3) is 0.167. The molecular formula is C36H36. The van der Waals surface area contributed by atoms with E-state index in [-0.39, 0.29) is 0 Å². The highest BCUT2D eigenvalue weighted by atomic mass is 14.2. The van der Waals surface area contributed by atoms with Crippen LogP contribution in [0.2, 0.25) is 0 Å². The minimum absolute atomic E-state index is 0.383. The number of allylic oxidation sites excluding steroid dienone is 8. The van der Waals surface area contributed by atoms with Crippen LogP contribution in [0.15, 0.2) is 121 Å². The Morgan fingerprint density at radius 2 is 1.47 bits per heavy atom. The monoisotopic (exact) mass is 468 g/mol. The highest BCUT2D eigenvalue weighted by Crippen LogP contribution is 2.34. The molecule has 0 aliphatic rings. The number of hydrogen-bond donors (Lipinski definition) is 0. The molecule has 0 saturated carbocycles. The van der Waals surface area contributed by atoms with Crippen LogP contribution >= 0.6 is 0 Å². The van der Waals surface area contributed by atoms with Crippen LogP contribution in [0.25, 0.3) is 27.8 Å². The topological polar surface area (TPSA) is 0 Å². The molecule has 0 nitrogen and oxygen atoms in total. The lowest BCUT2D eigenvalue weighted by atomic mass is 9.86. The van der Waals surface area contributed by atoms with E-state index in [9.17, 15) is 0 Å². The molecule has 0 atom stereocenters. The van der Waals surface area contributed by atoms with Crippen molar-refractivity contribution in [3.63, 3.8) is 0 Å². The van der Waals surface area contributed by atoms with Crippen LogP contribution in [-0.2, 0) is 0 Å². The molecule has 0 radical (unpaired) electrons. The molecule has 0 bridgehead atoms. The molecule has 0 spiro atoms. The lowest BCUT2D eigenvalue weighted by Crippen LogP contribution is -1.99. The van der Waals surface area contributed by atoms with Crippen molar-refractivity contribution in [2.75, 3.05) is 0 Å².